The molecule has 0 radical (unpaired) electrons. The summed E-state index contributed by atoms with van der Waals surface area (Å²) in [7, 11) is 0. The zero-order valence-corrected chi connectivity index (χ0v) is 9.38. The first kappa shape index (κ1) is 13.8. The van der Waals surface area contributed by atoms with Gasteiger partial charge in [0.15, 0.2) is 0 Å². The third-order valence-corrected chi connectivity index (χ3v) is 1.88. The van der Waals surface area contributed by atoms with Crippen LogP contribution in [-0.2, 0) is 4.74 Å². The van der Waals surface area contributed by atoms with Crippen molar-refractivity contribution in [1.82, 2.24) is 10.6 Å². The summed E-state index contributed by atoms with van der Waals surface area (Å²) in [5.41, 5.74) is 0. The lowest BCUT2D eigenvalue weighted by Crippen LogP contribution is -2.30. The fourth-order valence-electron chi connectivity index (χ4n) is 1.16. The van der Waals surface area contributed by atoms with Crippen molar-refractivity contribution in [3.05, 3.63) is 0 Å². The van der Waals surface area contributed by atoms with Gasteiger partial charge in [0.05, 0.1) is 19.3 Å². The fourth-order valence-corrected chi connectivity index (χ4v) is 1.16. The molecule has 4 nitrogen and oxygen atoms in total. The van der Waals surface area contributed by atoms with Gasteiger partial charge in [-0.2, -0.15) is 0 Å². The van der Waals surface area contributed by atoms with Crippen LogP contribution in [0.1, 0.15) is 20.3 Å². The van der Waals surface area contributed by atoms with Crippen LogP contribution in [-0.4, -0.2) is 50.6 Å². The van der Waals surface area contributed by atoms with Gasteiger partial charge in [-0.15, -0.1) is 0 Å². The van der Waals surface area contributed by atoms with Crippen molar-refractivity contribution in [1.29, 1.82) is 0 Å². The molecule has 3 N–H and O–H groups in total. The van der Waals surface area contributed by atoms with Gasteiger partial charge in [-0.3, -0.25) is 0 Å². The van der Waals surface area contributed by atoms with E-state index in [9.17, 15) is 0 Å². The lowest BCUT2D eigenvalue weighted by molar-refractivity contribution is 0.109. The van der Waals surface area contributed by atoms with Crippen LogP contribution in [0, 0.1) is 0 Å². The van der Waals surface area contributed by atoms with Gasteiger partial charge in [-0.25, -0.2) is 0 Å². The summed E-state index contributed by atoms with van der Waals surface area (Å²) >= 11 is 0. The first-order valence-corrected chi connectivity index (χ1v) is 5.57. The zero-order chi connectivity index (χ0) is 10.6. The average Bonchev–Trinajstić information content (AvgIpc) is 2.76. The third-order valence-electron chi connectivity index (χ3n) is 1.88. The monoisotopic (exact) mass is 204 g/mol. The maximum absolute atomic E-state index is 8.67. The second-order valence-corrected chi connectivity index (χ2v) is 3.01. The minimum Gasteiger partial charge on any atom is -0.392 e. The Morgan fingerprint density at radius 2 is 1.71 bits per heavy atom. The Morgan fingerprint density at radius 3 is 1.86 bits per heavy atom. The van der Waals surface area contributed by atoms with Crippen LogP contribution in [0.25, 0.3) is 0 Å². The highest BCUT2D eigenvalue weighted by Gasteiger charge is 2.08. The molecule has 0 bridgehead atoms. The molecule has 1 unspecified atom stereocenters. The number of aliphatic hydroxyl groups is 1. The van der Waals surface area contributed by atoms with Gasteiger partial charge in [0.25, 0.3) is 0 Å². The standard InChI is InChI=1S/2C4H9NO.C2H6/c1-3-6-4-2-5-1;6-4-1-2-5-3-4;1-2/h5H,1-4H2;4-6H,1-3H2;1-2H3. The van der Waals surface area contributed by atoms with Crippen molar-refractivity contribution in [2.24, 2.45) is 0 Å². The quantitative estimate of drug-likeness (QED) is 0.519. The summed E-state index contributed by atoms with van der Waals surface area (Å²) in [6.45, 7) is 9.61. The number of nitrogens with one attached hydrogen (secondary N) is 2. The molecular formula is C10H24N2O2. The third kappa shape index (κ3) is 8.44. The van der Waals surface area contributed by atoms with E-state index in [-0.39, 0.29) is 6.10 Å². The summed E-state index contributed by atoms with van der Waals surface area (Å²) in [5, 5.41) is 14.8. The Hall–Kier alpha value is -0.160. The van der Waals surface area contributed by atoms with E-state index in [0.717, 1.165) is 45.8 Å². The molecule has 0 spiro atoms. The minimum atomic E-state index is -0.0648. The summed E-state index contributed by atoms with van der Waals surface area (Å²) in [4.78, 5) is 0. The van der Waals surface area contributed by atoms with Crippen LogP contribution in [0.2, 0.25) is 0 Å². The van der Waals surface area contributed by atoms with Gasteiger partial charge in [-0.1, -0.05) is 13.8 Å². The molecule has 2 heterocycles. The van der Waals surface area contributed by atoms with Crippen LogP contribution >= 0.6 is 0 Å². The van der Waals surface area contributed by atoms with Crippen LogP contribution in [0.4, 0.5) is 0 Å². The lowest BCUT2D eigenvalue weighted by Gasteiger charge is -2.10. The smallest absolute Gasteiger partial charge is 0.0676 e. The molecule has 0 aromatic heterocycles. The molecule has 2 aliphatic heterocycles. The first-order chi connectivity index (χ1) is 6.89. The summed E-state index contributed by atoms with van der Waals surface area (Å²) < 4.78 is 5.01. The maximum atomic E-state index is 8.67. The molecule has 2 fully saturated rings. The highest BCUT2D eigenvalue weighted by molar-refractivity contribution is 4.67. The number of ether oxygens (including phenoxy) is 1. The SMILES string of the molecule is C1COCCN1.CC.OC1CCNC1. The van der Waals surface area contributed by atoms with E-state index in [4.69, 9.17) is 9.84 Å². The summed E-state index contributed by atoms with van der Waals surface area (Å²) in [5.74, 6) is 0. The minimum absolute atomic E-state index is 0.0648. The molecule has 0 aromatic carbocycles. The Balaban J connectivity index is 0.000000206. The van der Waals surface area contributed by atoms with Crippen LogP contribution in [0.3, 0.4) is 0 Å². The molecule has 2 aliphatic rings. The molecule has 0 aromatic rings. The van der Waals surface area contributed by atoms with Crippen molar-refractivity contribution in [3.63, 3.8) is 0 Å². The van der Waals surface area contributed by atoms with E-state index in [2.05, 4.69) is 10.6 Å². The second kappa shape index (κ2) is 10.9. The van der Waals surface area contributed by atoms with E-state index in [1.54, 1.807) is 0 Å². The van der Waals surface area contributed by atoms with E-state index in [0.29, 0.717) is 0 Å². The Kier molecular flexibility index (Phi) is 10.8. The Morgan fingerprint density at radius 1 is 1.07 bits per heavy atom. The van der Waals surface area contributed by atoms with Crippen LogP contribution < -0.4 is 10.6 Å². The van der Waals surface area contributed by atoms with Gasteiger partial charge in [0.1, 0.15) is 0 Å². The second-order valence-electron chi connectivity index (χ2n) is 3.01. The molecule has 14 heavy (non-hydrogen) atoms. The predicted octanol–water partition coefficient (Wildman–Crippen LogP) is -0.0270. The molecule has 86 valence electrons. The molecule has 1 atom stereocenters. The molecule has 0 aliphatic carbocycles. The van der Waals surface area contributed by atoms with Crippen LogP contribution in [0.5, 0.6) is 0 Å². The van der Waals surface area contributed by atoms with E-state index < -0.39 is 0 Å². The summed E-state index contributed by atoms with van der Waals surface area (Å²) in [6.07, 6.45) is 0.866. The Bertz CT molecular complexity index is 90.8. The number of rotatable bonds is 0. The van der Waals surface area contributed by atoms with Gasteiger partial charge >= 0.3 is 0 Å². The number of hydrogen-bond donors (Lipinski definition) is 3. The van der Waals surface area contributed by atoms with Crippen molar-refractivity contribution < 1.29 is 9.84 Å². The predicted molar refractivity (Wildman–Crippen MR) is 58.5 cm³/mol. The molecule has 0 saturated carbocycles. The molecule has 2 saturated heterocycles. The maximum Gasteiger partial charge on any atom is 0.0676 e. The van der Waals surface area contributed by atoms with Crippen LogP contribution in [0.15, 0.2) is 0 Å². The van der Waals surface area contributed by atoms with Gasteiger partial charge < -0.3 is 20.5 Å². The first-order valence-electron chi connectivity index (χ1n) is 5.57. The van der Waals surface area contributed by atoms with E-state index in [1.165, 1.54) is 0 Å². The van der Waals surface area contributed by atoms with Crippen molar-refractivity contribution in [2.75, 3.05) is 39.4 Å². The topological polar surface area (TPSA) is 53.5 Å². The average molecular weight is 204 g/mol. The van der Waals surface area contributed by atoms with Crippen molar-refractivity contribution in [3.8, 4) is 0 Å². The van der Waals surface area contributed by atoms with Gasteiger partial charge in [0.2, 0.25) is 0 Å². The normalized spacial score (nSPS) is 25.5. The number of hydrogen-bond acceptors (Lipinski definition) is 4. The molecule has 2 rings (SSSR count). The molecular weight excluding hydrogens is 180 g/mol. The van der Waals surface area contributed by atoms with E-state index >= 15 is 0 Å². The number of aliphatic hydroxyl groups excluding tert-OH is 1. The van der Waals surface area contributed by atoms with Crippen molar-refractivity contribution >= 4 is 0 Å². The molecule has 0 amide bonds. The highest BCUT2D eigenvalue weighted by Crippen LogP contribution is 1.93. The zero-order valence-electron chi connectivity index (χ0n) is 9.38. The summed E-state index contributed by atoms with van der Waals surface area (Å²) in [6, 6.07) is 0. The largest absolute Gasteiger partial charge is 0.392 e. The van der Waals surface area contributed by atoms with Gasteiger partial charge in [0, 0.05) is 19.6 Å². The fraction of sp³-hybridized carbons (Fsp3) is 1.00. The van der Waals surface area contributed by atoms with Gasteiger partial charge in [-0.05, 0) is 13.0 Å². The molecule has 4 heteroatoms. The number of β-amino-alcohol motifs (C(OH)–C–C–N with tert-alkyl or cyclic N) is 1. The Labute approximate surface area is 87.0 Å². The number of morpholine rings is 1. The lowest BCUT2D eigenvalue weighted by atomic mass is 10.3. The highest BCUT2D eigenvalue weighted by atomic mass is 16.5. The van der Waals surface area contributed by atoms with Crippen molar-refractivity contribution in [2.45, 2.75) is 26.4 Å². The van der Waals surface area contributed by atoms with E-state index in [1.807, 2.05) is 13.8 Å².